The van der Waals surface area contributed by atoms with Crippen molar-refractivity contribution in [1.82, 2.24) is 0 Å². The van der Waals surface area contributed by atoms with Gasteiger partial charge in [0, 0.05) is 17.5 Å². The van der Waals surface area contributed by atoms with Crippen molar-refractivity contribution >= 4 is 11.8 Å². The Labute approximate surface area is 119 Å². The summed E-state index contributed by atoms with van der Waals surface area (Å²) < 4.78 is 10.6. The molecule has 0 aromatic heterocycles. The van der Waals surface area contributed by atoms with Crippen LogP contribution in [0.5, 0.6) is 5.75 Å². The van der Waals surface area contributed by atoms with E-state index in [9.17, 15) is 9.59 Å². The van der Waals surface area contributed by atoms with E-state index >= 15 is 0 Å². The average Bonchev–Trinajstić information content (AvgIpc) is 2.46. The first-order chi connectivity index (χ1) is 9.72. The van der Waals surface area contributed by atoms with Crippen molar-refractivity contribution in [2.24, 2.45) is 0 Å². The third kappa shape index (κ3) is 3.59. The van der Waals surface area contributed by atoms with Gasteiger partial charge in [0.25, 0.3) is 0 Å². The Kier molecular flexibility index (Phi) is 5.16. The molecule has 1 aliphatic rings. The van der Waals surface area contributed by atoms with Crippen LogP contribution in [0.1, 0.15) is 48.5 Å². The van der Waals surface area contributed by atoms with Crippen LogP contribution in [-0.4, -0.2) is 25.0 Å². The number of ketones is 1. The van der Waals surface area contributed by atoms with Crippen LogP contribution in [0, 0.1) is 0 Å². The fourth-order valence-corrected chi connectivity index (χ4v) is 2.29. The molecule has 2 rings (SSSR count). The average molecular weight is 276 g/mol. The van der Waals surface area contributed by atoms with E-state index in [4.69, 9.17) is 9.47 Å². The quantitative estimate of drug-likeness (QED) is 0.592. The van der Waals surface area contributed by atoms with Crippen LogP contribution < -0.4 is 4.74 Å². The lowest BCUT2D eigenvalue weighted by molar-refractivity contribution is -0.146. The molecule has 4 heteroatoms. The van der Waals surface area contributed by atoms with Crippen LogP contribution in [0.4, 0.5) is 0 Å². The Hall–Kier alpha value is -1.84. The number of esters is 1. The van der Waals surface area contributed by atoms with Gasteiger partial charge in [0.2, 0.25) is 0 Å². The van der Waals surface area contributed by atoms with E-state index in [0.717, 1.165) is 36.8 Å². The van der Waals surface area contributed by atoms with Crippen LogP contribution in [0.15, 0.2) is 18.2 Å². The Balaban J connectivity index is 1.95. The molecule has 0 heterocycles. The highest BCUT2D eigenvalue weighted by Gasteiger charge is 2.20. The van der Waals surface area contributed by atoms with Crippen molar-refractivity contribution in [2.45, 2.75) is 39.0 Å². The smallest absolute Gasteiger partial charge is 0.344 e. The maximum Gasteiger partial charge on any atom is 0.344 e. The van der Waals surface area contributed by atoms with Gasteiger partial charge in [-0.15, -0.1) is 0 Å². The molecule has 0 saturated carbocycles. The molecular weight excluding hydrogens is 256 g/mol. The van der Waals surface area contributed by atoms with Crippen molar-refractivity contribution in [3.05, 3.63) is 29.3 Å². The molecule has 0 bridgehead atoms. The number of fused-ring (bicyclic) bond motifs is 1. The van der Waals surface area contributed by atoms with Gasteiger partial charge in [0.05, 0.1) is 6.61 Å². The lowest BCUT2D eigenvalue weighted by Gasteiger charge is -2.18. The van der Waals surface area contributed by atoms with E-state index in [0.29, 0.717) is 18.8 Å². The summed E-state index contributed by atoms with van der Waals surface area (Å²) in [6.45, 7) is 2.37. The molecule has 0 N–H and O–H groups in total. The molecule has 0 fully saturated rings. The molecule has 4 nitrogen and oxygen atoms in total. The van der Waals surface area contributed by atoms with Crippen molar-refractivity contribution in [3.63, 3.8) is 0 Å². The predicted octanol–water partition coefficient (Wildman–Crippen LogP) is 2.93. The van der Waals surface area contributed by atoms with E-state index in [1.54, 1.807) is 12.1 Å². The van der Waals surface area contributed by atoms with Crippen LogP contribution in [-0.2, 0) is 16.0 Å². The zero-order valence-electron chi connectivity index (χ0n) is 11.8. The monoisotopic (exact) mass is 276 g/mol. The molecule has 20 heavy (non-hydrogen) atoms. The molecule has 108 valence electrons. The van der Waals surface area contributed by atoms with Gasteiger partial charge >= 0.3 is 5.97 Å². The number of benzene rings is 1. The molecular formula is C16H20O4. The largest absolute Gasteiger partial charge is 0.482 e. The molecule has 0 saturated heterocycles. The first kappa shape index (κ1) is 14.6. The topological polar surface area (TPSA) is 52.6 Å². The third-order valence-electron chi connectivity index (χ3n) is 3.37. The van der Waals surface area contributed by atoms with Crippen molar-refractivity contribution in [1.29, 1.82) is 0 Å². The number of hydrogen-bond donors (Lipinski definition) is 0. The number of ether oxygens (including phenoxy) is 2. The van der Waals surface area contributed by atoms with Gasteiger partial charge in [-0.25, -0.2) is 4.79 Å². The zero-order chi connectivity index (χ0) is 14.4. The number of hydrogen-bond acceptors (Lipinski definition) is 4. The Morgan fingerprint density at radius 2 is 2.15 bits per heavy atom. The molecule has 1 aromatic rings. The second kappa shape index (κ2) is 7.08. The molecule has 0 unspecified atom stereocenters. The maximum absolute atomic E-state index is 11.8. The number of carbonyl (C=O) groups excluding carboxylic acids is 2. The number of Topliss-reactive ketones (excluding diaryl/α,β-unsaturated/α-hetero) is 1. The lowest BCUT2D eigenvalue weighted by atomic mass is 9.90. The first-order valence-electron chi connectivity index (χ1n) is 7.16. The maximum atomic E-state index is 11.8. The number of carbonyl (C=O) groups is 2. The highest BCUT2D eigenvalue weighted by atomic mass is 16.6. The Morgan fingerprint density at radius 3 is 2.95 bits per heavy atom. The second-order valence-corrected chi connectivity index (χ2v) is 4.92. The molecule has 1 aliphatic carbocycles. The summed E-state index contributed by atoms with van der Waals surface area (Å²) in [5.41, 5.74) is 1.65. The van der Waals surface area contributed by atoms with Gasteiger partial charge in [-0.3, -0.25) is 4.79 Å². The van der Waals surface area contributed by atoms with Gasteiger partial charge in [0.15, 0.2) is 12.4 Å². The summed E-state index contributed by atoms with van der Waals surface area (Å²) >= 11 is 0. The second-order valence-electron chi connectivity index (χ2n) is 4.92. The van der Waals surface area contributed by atoms with Crippen molar-refractivity contribution in [2.75, 3.05) is 13.2 Å². The van der Waals surface area contributed by atoms with Gasteiger partial charge in [0.1, 0.15) is 5.75 Å². The summed E-state index contributed by atoms with van der Waals surface area (Å²) in [4.78, 5) is 23.3. The molecule has 0 radical (unpaired) electrons. The molecule has 0 spiro atoms. The lowest BCUT2D eigenvalue weighted by Crippen LogP contribution is -2.18. The minimum Gasteiger partial charge on any atom is -0.482 e. The Bertz CT molecular complexity index is 493. The summed E-state index contributed by atoms with van der Waals surface area (Å²) in [5.74, 6) is 0.420. The minimum absolute atomic E-state index is 0.103. The van der Waals surface area contributed by atoms with Gasteiger partial charge in [-0.2, -0.15) is 0 Å². The van der Waals surface area contributed by atoms with Gasteiger partial charge < -0.3 is 9.47 Å². The molecule has 0 amide bonds. The van der Waals surface area contributed by atoms with Crippen LogP contribution in [0.25, 0.3) is 0 Å². The van der Waals surface area contributed by atoms with Crippen LogP contribution in [0.3, 0.4) is 0 Å². The van der Waals surface area contributed by atoms with E-state index in [-0.39, 0.29) is 18.4 Å². The molecule has 0 atom stereocenters. The van der Waals surface area contributed by atoms with Gasteiger partial charge in [-0.1, -0.05) is 25.5 Å². The van der Waals surface area contributed by atoms with Gasteiger partial charge in [-0.05, 0) is 25.3 Å². The molecule has 0 aliphatic heterocycles. The first-order valence-corrected chi connectivity index (χ1v) is 7.16. The SMILES string of the molecule is CCCCOC(=O)COc1cccc2c1CCCC2=O. The van der Waals surface area contributed by atoms with Crippen LogP contribution in [0.2, 0.25) is 0 Å². The third-order valence-corrected chi connectivity index (χ3v) is 3.37. The summed E-state index contributed by atoms with van der Waals surface area (Å²) in [6, 6.07) is 5.42. The van der Waals surface area contributed by atoms with E-state index in [2.05, 4.69) is 0 Å². The van der Waals surface area contributed by atoms with E-state index < -0.39 is 0 Å². The summed E-state index contributed by atoms with van der Waals surface area (Å²) in [5, 5.41) is 0. The van der Waals surface area contributed by atoms with E-state index in [1.807, 2.05) is 13.0 Å². The fraction of sp³-hybridized carbons (Fsp3) is 0.500. The standard InChI is InChI=1S/C16H20O4/c1-2-3-10-19-16(18)11-20-15-9-5-6-12-13(15)7-4-8-14(12)17/h5-6,9H,2-4,7-8,10-11H2,1H3. The van der Waals surface area contributed by atoms with E-state index in [1.165, 1.54) is 0 Å². The highest BCUT2D eigenvalue weighted by molar-refractivity contribution is 5.99. The van der Waals surface area contributed by atoms with Crippen molar-refractivity contribution < 1.29 is 19.1 Å². The Morgan fingerprint density at radius 1 is 1.30 bits per heavy atom. The zero-order valence-corrected chi connectivity index (χ0v) is 11.8. The fourth-order valence-electron chi connectivity index (χ4n) is 2.29. The van der Waals surface area contributed by atoms with Crippen LogP contribution >= 0.6 is 0 Å². The summed E-state index contributed by atoms with van der Waals surface area (Å²) in [7, 11) is 0. The minimum atomic E-state index is -0.363. The normalized spacial score (nSPS) is 13.8. The number of rotatable bonds is 6. The molecule has 1 aromatic carbocycles. The predicted molar refractivity (Wildman–Crippen MR) is 75.1 cm³/mol. The number of unbranched alkanes of at least 4 members (excludes halogenated alkanes) is 1. The highest BCUT2D eigenvalue weighted by Crippen LogP contribution is 2.29. The summed E-state index contributed by atoms with van der Waals surface area (Å²) in [6.07, 6.45) is 4.11. The van der Waals surface area contributed by atoms with Crippen molar-refractivity contribution in [3.8, 4) is 5.75 Å².